The van der Waals surface area contributed by atoms with Crippen molar-refractivity contribution in [3.05, 3.63) is 17.6 Å². The van der Waals surface area contributed by atoms with E-state index in [1.54, 1.807) is 24.9 Å². The van der Waals surface area contributed by atoms with Crippen LogP contribution in [0.2, 0.25) is 0 Å². The van der Waals surface area contributed by atoms with Crippen LogP contribution in [0.1, 0.15) is 22.7 Å². The van der Waals surface area contributed by atoms with E-state index in [0.717, 1.165) is 0 Å². The smallest absolute Gasteiger partial charge is 0.376 e. The molecule has 6 nitrogen and oxygen atoms in total. The zero-order valence-electron chi connectivity index (χ0n) is 10.1. The number of carbonyl (C=O) groups excluding carboxylic acids is 1. The second-order valence-electron chi connectivity index (χ2n) is 3.51. The lowest BCUT2D eigenvalue weighted by molar-refractivity contribution is 0.0586. The van der Waals surface area contributed by atoms with Crippen LogP contribution in [-0.4, -0.2) is 36.6 Å². The molecule has 0 unspecified atom stereocenters. The van der Waals surface area contributed by atoms with E-state index in [4.69, 9.17) is 5.26 Å². The summed E-state index contributed by atoms with van der Waals surface area (Å²) in [6.45, 7) is 2.32. The van der Waals surface area contributed by atoms with Crippen LogP contribution in [0.4, 0.5) is 5.82 Å². The molecule has 0 aliphatic carbocycles. The second-order valence-corrected chi connectivity index (χ2v) is 3.51. The van der Waals surface area contributed by atoms with Crippen LogP contribution in [0, 0.1) is 18.3 Å². The molecule has 0 aromatic carbocycles. The summed E-state index contributed by atoms with van der Waals surface area (Å²) >= 11 is 0. The van der Waals surface area contributed by atoms with Gasteiger partial charge in [0.25, 0.3) is 0 Å². The summed E-state index contributed by atoms with van der Waals surface area (Å²) in [6, 6.07) is 3.81. The molecule has 1 rings (SSSR count). The highest BCUT2D eigenvalue weighted by Crippen LogP contribution is 2.11. The van der Waals surface area contributed by atoms with Crippen molar-refractivity contribution in [2.75, 3.05) is 25.6 Å². The Morgan fingerprint density at radius 3 is 2.88 bits per heavy atom. The van der Waals surface area contributed by atoms with Gasteiger partial charge < -0.3 is 9.64 Å². The molecule has 6 heteroatoms. The first-order chi connectivity index (χ1) is 8.08. The highest BCUT2D eigenvalue weighted by atomic mass is 16.5. The zero-order chi connectivity index (χ0) is 12.8. The molecule has 90 valence electrons. The molecule has 1 aromatic rings. The van der Waals surface area contributed by atoms with Gasteiger partial charge in [-0.05, 0) is 6.92 Å². The van der Waals surface area contributed by atoms with Gasteiger partial charge in [-0.25, -0.2) is 14.8 Å². The Kier molecular flexibility index (Phi) is 4.40. The van der Waals surface area contributed by atoms with Gasteiger partial charge in [-0.15, -0.1) is 0 Å². The van der Waals surface area contributed by atoms with Gasteiger partial charge in [-0.1, -0.05) is 0 Å². The summed E-state index contributed by atoms with van der Waals surface area (Å²) in [7, 11) is 3.09. The Bertz CT molecular complexity index is 453. The number of esters is 1. The van der Waals surface area contributed by atoms with Gasteiger partial charge in [0.1, 0.15) is 5.82 Å². The number of aromatic nitrogens is 2. The first kappa shape index (κ1) is 12.9. The Labute approximate surface area is 99.9 Å². The molecule has 1 heterocycles. The number of rotatable bonds is 4. The molecule has 0 atom stereocenters. The molecule has 0 bridgehead atoms. The molecule has 17 heavy (non-hydrogen) atoms. The molecule has 1 aromatic heterocycles. The molecule has 0 radical (unpaired) electrons. The van der Waals surface area contributed by atoms with E-state index >= 15 is 0 Å². The third-order valence-corrected chi connectivity index (χ3v) is 2.16. The average molecular weight is 234 g/mol. The Morgan fingerprint density at radius 2 is 2.29 bits per heavy atom. The monoisotopic (exact) mass is 234 g/mol. The van der Waals surface area contributed by atoms with Crippen LogP contribution < -0.4 is 4.90 Å². The van der Waals surface area contributed by atoms with Crippen LogP contribution in [-0.2, 0) is 4.74 Å². The number of aryl methyl sites for hydroxylation is 1. The van der Waals surface area contributed by atoms with Crippen LogP contribution in [0.5, 0.6) is 0 Å². The van der Waals surface area contributed by atoms with Gasteiger partial charge >= 0.3 is 5.97 Å². The van der Waals surface area contributed by atoms with Crippen molar-refractivity contribution in [3.63, 3.8) is 0 Å². The largest absolute Gasteiger partial charge is 0.463 e. The van der Waals surface area contributed by atoms with E-state index in [0.29, 0.717) is 24.5 Å². The SMILES string of the molecule is COC(=O)c1nc(C)cc(N(C)CCC#N)n1. The van der Waals surface area contributed by atoms with Crippen LogP contribution in [0.15, 0.2) is 6.07 Å². The fourth-order valence-electron chi connectivity index (χ4n) is 1.26. The molecule has 0 aliphatic heterocycles. The van der Waals surface area contributed by atoms with Gasteiger partial charge in [-0.3, -0.25) is 0 Å². The molecule has 0 saturated carbocycles. The minimum atomic E-state index is -0.566. The van der Waals surface area contributed by atoms with Crippen molar-refractivity contribution in [1.82, 2.24) is 9.97 Å². The Balaban J connectivity index is 2.97. The Morgan fingerprint density at radius 1 is 1.59 bits per heavy atom. The molecule has 0 spiro atoms. The highest BCUT2D eigenvalue weighted by Gasteiger charge is 2.13. The van der Waals surface area contributed by atoms with Crippen molar-refractivity contribution < 1.29 is 9.53 Å². The third kappa shape index (κ3) is 3.41. The lowest BCUT2D eigenvalue weighted by Crippen LogP contribution is -2.21. The number of ether oxygens (including phenoxy) is 1. The summed E-state index contributed by atoms with van der Waals surface area (Å²) in [6.07, 6.45) is 0.396. The van der Waals surface area contributed by atoms with E-state index in [2.05, 4.69) is 20.8 Å². The number of anilines is 1. The molecule has 0 aliphatic rings. The van der Waals surface area contributed by atoms with Crippen molar-refractivity contribution in [2.45, 2.75) is 13.3 Å². The molecule has 0 N–H and O–H groups in total. The lowest BCUT2D eigenvalue weighted by atomic mass is 10.3. The van der Waals surface area contributed by atoms with Gasteiger partial charge in [0.15, 0.2) is 0 Å². The predicted molar refractivity (Wildman–Crippen MR) is 61.6 cm³/mol. The van der Waals surface area contributed by atoms with E-state index in [1.165, 1.54) is 7.11 Å². The van der Waals surface area contributed by atoms with Crippen molar-refractivity contribution >= 4 is 11.8 Å². The van der Waals surface area contributed by atoms with Gasteiger partial charge in [0.2, 0.25) is 5.82 Å². The number of carbonyl (C=O) groups is 1. The summed E-state index contributed by atoms with van der Waals surface area (Å²) in [5, 5.41) is 8.51. The molecule has 0 fully saturated rings. The molecule has 0 saturated heterocycles. The van der Waals surface area contributed by atoms with Crippen LogP contribution in [0.3, 0.4) is 0 Å². The van der Waals surface area contributed by atoms with Gasteiger partial charge in [0, 0.05) is 25.4 Å². The summed E-state index contributed by atoms with van der Waals surface area (Å²) in [5.41, 5.74) is 0.680. The van der Waals surface area contributed by atoms with E-state index in [-0.39, 0.29) is 5.82 Å². The van der Waals surface area contributed by atoms with Crippen molar-refractivity contribution in [2.24, 2.45) is 0 Å². The number of hydrogen-bond donors (Lipinski definition) is 0. The van der Waals surface area contributed by atoms with Crippen LogP contribution in [0.25, 0.3) is 0 Å². The first-order valence-corrected chi connectivity index (χ1v) is 5.10. The molecular formula is C11H14N4O2. The highest BCUT2D eigenvalue weighted by molar-refractivity contribution is 5.85. The number of hydrogen-bond acceptors (Lipinski definition) is 6. The number of nitrogens with zero attached hydrogens (tertiary/aromatic N) is 4. The Hall–Kier alpha value is -2.16. The second kappa shape index (κ2) is 5.80. The maximum absolute atomic E-state index is 11.3. The maximum Gasteiger partial charge on any atom is 0.376 e. The lowest BCUT2D eigenvalue weighted by Gasteiger charge is -2.17. The minimum absolute atomic E-state index is 0.0336. The third-order valence-electron chi connectivity index (χ3n) is 2.16. The maximum atomic E-state index is 11.3. The fraction of sp³-hybridized carbons (Fsp3) is 0.455. The number of methoxy groups -OCH3 is 1. The topological polar surface area (TPSA) is 79.1 Å². The summed E-state index contributed by atoms with van der Waals surface area (Å²) in [4.78, 5) is 21.2. The summed E-state index contributed by atoms with van der Waals surface area (Å²) < 4.78 is 4.57. The fourth-order valence-corrected chi connectivity index (χ4v) is 1.26. The molecular weight excluding hydrogens is 220 g/mol. The molecule has 0 amide bonds. The predicted octanol–water partition coefficient (Wildman–Crippen LogP) is 0.921. The van der Waals surface area contributed by atoms with Gasteiger partial charge in [0.05, 0.1) is 19.6 Å². The van der Waals surface area contributed by atoms with E-state index in [9.17, 15) is 4.79 Å². The van der Waals surface area contributed by atoms with Crippen molar-refractivity contribution in [1.29, 1.82) is 5.26 Å². The first-order valence-electron chi connectivity index (χ1n) is 5.10. The van der Waals surface area contributed by atoms with Crippen LogP contribution >= 0.6 is 0 Å². The minimum Gasteiger partial charge on any atom is -0.463 e. The van der Waals surface area contributed by atoms with E-state index in [1.807, 2.05) is 0 Å². The quantitative estimate of drug-likeness (QED) is 0.721. The average Bonchev–Trinajstić information content (AvgIpc) is 2.34. The normalized spacial score (nSPS) is 9.53. The number of nitriles is 1. The van der Waals surface area contributed by atoms with E-state index < -0.39 is 5.97 Å². The van der Waals surface area contributed by atoms with Crippen molar-refractivity contribution in [3.8, 4) is 6.07 Å². The standard InChI is InChI=1S/C11H14N4O2/c1-8-7-9(15(2)6-4-5-12)14-10(13-8)11(16)17-3/h7H,4,6H2,1-3H3. The zero-order valence-corrected chi connectivity index (χ0v) is 10.1. The summed E-state index contributed by atoms with van der Waals surface area (Å²) in [5.74, 6) is 0.0723. The van der Waals surface area contributed by atoms with Gasteiger partial charge in [-0.2, -0.15) is 5.26 Å².